The SMILES string of the molecule is [3H]CCNCCCCC(CC(=O)COCC(=O)CCCOCCN=[N+]=[N-])C(=O)NC(COC(=O)OC1(CC)C(=O)OCc2c1cc1n(c2=O)Cc2c-1nc1ccc(O[Si](C)(C)C(C)(C)C)cc1c2CC)C(C)C. The van der Waals surface area contributed by atoms with Gasteiger partial charge >= 0.3 is 12.1 Å². The van der Waals surface area contributed by atoms with Crippen LogP contribution in [0.15, 0.2) is 34.2 Å². The second kappa shape index (κ2) is 25.8. The van der Waals surface area contributed by atoms with E-state index in [1.54, 1.807) is 17.6 Å². The molecule has 3 atom stereocenters. The second-order valence-electron chi connectivity index (χ2n) is 20.3. The van der Waals surface area contributed by atoms with Gasteiger partial charge in [0.25, 0.3) is 5.56 Å². The highest BCUT2D eigenvalue weighted by Gasteiger charge is 2.51. The summed E-state index contributed by atoms with van der Waals surface area (Å²) in [6.07, 6.45) is 1.50. The van der Waals surface area contributed by atoms with E-state index in [1.807, 2.05) is 32.0 Å². The summed E-state index contributed by atoms with van der Waals surface area (Å²) in [6, 6.07) is 6.87. The van der Waals surface area contributed by atoms with Crippen molar-refractivity contribution in [1.29, 1.82) is 0 Å². The van der Waals surface area contributed by atoms with E-state index in [-0.39, 0.29) is 111 Å². The number of nitrogens with one attached hydrogen (secondary N) is 2. The van der Waals surface area contributed by atoms with Crippen molar-refractivity contribution in [1.82, 2.24) is 20.2 Å². The molecule has 1 amide bonds. The monoisotopic (exact) mass is 1020 g/mol. The van der Waals surface area contributed by atoms with Crippen LogP contribution in [-0.2, 0) is 68.0 Å². The number of carbonyl (C=O) groups is 5. The number of Topliss-reactive ketones (excluding diaryl/α,β-unsaturated/α-hetero) is 2. The Morgan fingerprint density at radius 2 is 1.81 bits per heavy atom. The van der Waals surface area contributed by atoms with Gasteiger partial charge in [-0.1, -0.05) is 66.9 Å². The van der Waals surface area contributed by atoms with E-state index >= 15 is 0 Å². The molecule has 20 heteroatoms. The van der Waals surface area contributed by atoms with Gasteiger partial charge in [0.15, 0.2) is 11.6 Å². The van der Waals surface area contributed by atoms with Crippen molar-refractivity contribution in [3.63, 3.8) is 0 Å². The molecule has 4 heterocycles. The zero-order valence-electron chi connectivity index (χ0n) is 44.6. The number of hydrogen-bond acceptors (Lipinski definition) is 15. The minimum Gasteiger partial charge on any atom is -0.543 e. The molecule has 394 valence electrons. The van der Waals surface area contributed by atoms with Crippen LogP contribution in [0.3, 0.4) is 0 Å². The lowest BCUT2D eigenvalue weighted by molar-refractivity contribution is -0.175. The molecule has 2 N–H and O–H groups in total. The first-order valence-electron chi connectivity index (χ1n) is 25.9. The lowest BCUT2D eigenvalue weighted by Gasteiger charge is -2.36. The molecule has 0 saturated heterocycles. The summed E-state index contributed by atoms with van der Waals surface area (Å²) in [5, 5.41) is 10.4. The molecular formula is C52H75N7O12Si. The highest BCUT2D eigenvalue weighted by atomic mass is 28.4. The standard InChI is InChI=1S/C52H75N7O12Si/c1-11-38-39-26-37(71-72(9,10)51(6,7)8)19-20-43(39)56-46-40(38)28-59-45(46)27-42-41(48(59)63)31-68-49(64)52(42,12-2)70-50(65)69-32-44(33(4)5)57-47(62)34(17-14-15-21-54-13-3)25-36(61)30-67-29-35(60)18-16-23-66-24-22-55-58-53/h19-20,26-27,33-34,44,54H,11-18,21-25,28-32H2,1-10H3,(H,57,62)/i3T. The number of nitrogens with zero attached hydrogens (tertiary/aromatic N) is 5. The summed E-state index contributed by atoms with van der Waals surface area (Å²) in [5.41, 5.74) is 10.0. The molecule has 0 radical (unpaired) electrons. The Hall–Kier alpha value is -5.66. The molecule has 3 unspecified atom stereocenters. The fourth-order valence-electron chi connectivity index (χ4n) is 8.64. The number of benzene rings is 1. The van der Waals surface area contributed by atoms with Crippen LogP contribution >= 0.6 is 0 Å². The Bertz CT molecular complexity index is 2580. The minimum atomic E-state index is -2.15. The molecule has 5 rings (SSSR count). The third-order valence-electron chi connectivity index (χ3n) is 13.9. The Morgan fingerprint density at radius 1 is 1.04 bits per heavy atom. The van der Waals surface area contributed by atoms with Gasteiger partial charge in [0.1, 0.15) is 32.2 Å². The summed E-state index contributed by atoms with van der Waals surface area (Å²) >= 11 is 0. The second-order valence-corrected chi connectivity index (χ2v) is 25.0. The summed E-state index contributed by atoms with van der Waals surface area (Å²) in [4.78, 5) is 89.2. The van der Waals surface area contributed by atoms with Crippen LogP contribution in [0.1, 0.15) is 124 Å². The van der Waals surface area contributed by atoms with E-state index in [0.29, 0.717) is 63.2 Å². The number of carbonyl (C=O) groups excluding carboxylic acids is 5. The Balaban J connectivity index is 1.28. The third-order valence-corrected chi connectivity index (χ3v) is 18.3. The largest absolute Gasteiger partial charge is 0.543 e. The highest BCUT2D eigenvalue weighted by Crippen LogP contribution is 2.43. The van der Waals surface area contributed by atoms with Gasteiger partial charge in [-0.3, -0.25) is 19.2 Å². The van der Waals surface area contributed by atoms with Gasteiger partial charge in [-0.25, -0.2) is 14.6 Å². The van der Waals surface area contributed by atoms with Crippen LogP contribution < -0.4 is 20.6 Å². The van der Waals surface area contributed by atoms with Gasteiger partial charge in [-0.2, -0.15) is 0 Å². The smallest absolute Gasteiger partial charge is 0.509 e. The molecule has 0 fully saturated rings. The van der Waals surface area contributed by atoms with Crippen molar-refractivity contribution in [3.8, 4) is 17.1 Å². The number of azide groups is 1. The fourth-order valence-corrected chi connectivity index (χ4v) is 9.67. The first-order chi connectivity index (χ1) is 34.7. The maximum Gasteiger partial charge on any atom is 0.509 e. The molecule has 2 aromatic heterocycles. The lowest BCUT2D eigenvalue weighted by Crippen LogP contribution is -2.48. The van der Waals surface area contributed by atoms with Crippen molar-refractivity contribution in [3.05, 3.63) is 67.3 Å². The Morgan fingerprint density at radius 3 is 2.50 bits per heavy atom. The van der Waals surface area contributed by atoms with Crippen LogP contribution in [-0.4, -0.2) is 106 Å². The van der Waals surface area contributed by atoms with Crippen molar-refractivity contribution in [2.45, 2.75) is 150 Å². The van der Waals surface area contributed by atoms with Crippen LogP contribution in [0.4, 0.5) is 4.79 Å². The topological polar surface area (TPSA) is 248 Å². The van der Waals surface area contributed by atoms with Crippen LogP contribution in [0.5, 0.6) is 5.75 Å². The zero-order valence-corrected chi connectivity index (χ0v) is 44.6. The first-order valence-corrected chi connectivity index (χ1v) is 28.1. The first kappa shape index (κ1) is 55.6. The predicted octanol–water partition coefficient (Wildman–Crippen LogP) is 8.38. The number of fused-ring (bicyclic) bond motifs is 5. The average molecular weight is 1020 g/mol. The minimum absolute atomic E-state index is 0.00338. The number of cyclic esters (lactones) is 1. The number of rotatable bonds is 29. The number of aryl methyl sites for hydroxylation is 1. The zero-order chi connectivity index (χ0) is 53.5. The summed E-state index contributed by atoms with van der Waals surface area (Å²) in [7, 11) is -2.15. The number of ether oxygens (including phenoxy) is 5. The molecule has 0 spiro atoms. The number of ketones is 2. The molecule has 2 aliphatic rings. The van der Waals surface area contributed by atoms with Gasteiger partial charge in [-0.05, 0) is 105 Å². The summed E-state index contributed by atoms with van der Waals surface area (Å²) in [5.74, 6) is -2.12. The molecular weight excluding hydrogens is 943 g/mol. The van der Waals surface area contributed by atoms with E-state index in [1.165, 1.54) is 0 Å². The molecule has 1 aromatic carbocycles. The Labute approximate surface area is 424 Å². The van der Waals surface area contributed by atoms with Crippen molar-refractivity contribution in [2.24, 2.45) is 17.0 Å². The molecule has 0 saturated carbocycles. The number of pyridine rings is 2. The fraction of sp³-hybridized carbons (Fsp3) is 0.635. The van der Waals surface area contributed by atoms with Crippen molar-refractivity contribution < 1.29 is 53.5 Å². The van der Waals surface area contributed by atoms with Crippen molar-refractivity contribution >= 4 is 48.8 Å². The van der Waals surface area contributed by atoms with Gasteiger partial charge in [-0.15, -0.1) is 0 Å². The number of amides is 1. The van der Waals surface area contributed by atoms with Crippen LogP contribution in [0.25, 0.3) is 32.7 Å². The van der Waals surface area contributed by atoms with E-state index in [2.05, 4.69) is 61.4 Å². The number of unbranched alkanes of at least 4 members (excludes halogenated alkanes) is 1. The third kappa shape index (κ3) is 14.1. The van der Waals surface area contributed by atoms with Gasteiger partial charge in [0, 0.05) is 54.7 Å². The number of hydrogen-bond donors (Lipinski definition) is 2. The molecule has 19 nitrogen and oxygen atoms in total. The highest BCUT2D eigenvalue weighted by molar-refractivity contribution is 6.74. The number of aromatic nitrogens is 2. The van der Waals surface area contributed by atoms with Crippen LogP contribution in [0, 0.1) is 11.8 Å². The normalized spacial score (nSPS) is 16.1. The van der Waals surface area contributed by atoms with Gasteiger partial charge in [0.2, 0.25) is 19.8 Å². The van der Waals surface area contributed by atoms with E-state index < -0.39 is 43.9 Å². The van der Waals surface area contributed by atoms with Gasteiger partial charge < -0.3 is 43.3 Å². The Kier molecular flexibility index (Phi) is 20.0. The van der Waals surface area contributed by atoms with E-state index in [9.17, 15) is 28.8 Å². The maximum atomic E-state index is 14.4. The van der Waals surface area contributed by atoms with Crippen LogP contribution in [0.2, 0.25) is 18.1 Å². The maximum absolute atomic E-state index is 14.4. The molecule has 72 heavy (non-hydrogen) atoms. The van der Waals surface area contributed by atoms with E-state index in [0.717, 1.165) is 27.8 Å². The predicted molar refractivity (Wildman–Crippen MR) is 274 cm³/mol. The summed E-state index contributed by atoms with van der Waals surface area (Å²) in [6.45, 7) is 19.5. The van der Waals surface area contributed by atoms with Gasteiger partial charge in [0.05, 0.1) is 41.7 Å². The van der Waals surface area contributed by atoms with Crippen molar-refractivity contribution in [2.75, 3.05) is 52.7 Å². The molecule has 0 bridgehead atoms. The lowest BCUT2D eigenvalue weighted by atomic mass is 9.85. The average Bonchev–Trinajstić information content (AvgIpc) is 3.71. The van der Waals surface area contributed by atoms with E-state index in [4.69, 9.17) is 40.0 Å². The molecule has 2 aliphatic heterocycles. The molecule has 3 aromatic rings. The molecule has 0 aliphatic carbocycles. The summed E-state index contributed by atoms with van der Waals surface area (Å²) < 4.78 is 43.5. The quantitative estimate of drug-likeness (QED) is 0.0130. The number of esters is 1.